The molecule has 1 aliphatic carbocycles. The molecule has 2 aromatic carbocycles. The van der Waals surface area contributed by atoms with Crippen molar-refractivity contribution in [2.24, 2.45) is 0 Å². The van der Waals surface area contributed by atoms with E-state index in [4.69, 9.17) is 11.6 Å². The van der Waals surface area contributed by atoms with E-state index in [2.05, 4.69) is 4.98 Å². The summed E-state index contributed by atoms with van der Waals surface area (Å²) in [5.41, 5.74) is 1.78. The Morgan fingerprint density at radius 1 is 1.27 bits per heavy atom. The zero-order valence-electron chi connectivity index (χ0n) is 14.0. The molecule has 4 rings (SSSR count). The van der Waals surface area contributed by atoms with Crippen LogP contribution in [0.5, 0.6) is 0 Å². The van der Waals surface area contributed by atoms with Crippen LogP contribution in [0.25, 0.3) is 5.69 Å². The van der Waals surface area contributed by atoms with Crippen molar-refractivity contribution in [2.75, 3.05) is 0 Å². The summed E-state index contributed by atoms with van der Waals surface area (Å²) in [5, 5.41) is 0.343. The van der Waals surface area contributed by atoms with Gasteiger partial charge in [-0.25, -0.2) is 9.37 Å². The number of hydrogen-bond acceptors (Lipinski definition) is 2. The number of rotatable bonds is 5. The molecule has 0 saturated heterocycles. The fourth-order valence-electron chi connectivity index (χ4n) is 2.98. The largest absolute Gasteiger partial charge is 0.331 e. The Morgan fingerprint density at radius 2 is 2.08 bits per heavy atom. The van der Waals surface area contributed by atoms with Crippen LogP contribution in [-0.4, -0.2) is 26.4 Å². The number of aromatic nitrogens is 2. The van der Waals surface area contributed by atoms with Crippen molar-refractivity contribution < 1.29 is 9.18 Å². The van der Waals surface area contributed by atoms with Crippen LogP contribution in [-0.2, 0) is 6.54 Å². The lowest BCUT2D eigenvalue weighted by Gasteiger charge is -2.23. The van der Waals surface area contributed by atoms with Crippen molar-refractivity contribution in [3.8, 4) is 5.69 Å². The van der Waals surface area contributed by atoms with Crippen LogP contribution < -0.4 is 0 Å². The predicted octanol–water partition coefficient (Wildman–Crippen LogP) is 4.47. The summed E-state index contributed by atoms with van der Waals surface area (Å²) < 4.78 is 16.0. The molecule has 1 aliphatic rings. The van der Waals surface area contributed by atoms with Crippen LogP contribution in [0.4, 0.5) is 4.39 Å². The fraction of sp³-hybridized carbons (Fsp3) is 0.200. The molecule has 0 bridgehead atoms. The van der Waals surface area contributed by atoms with Crippen LogP contribution in [0, 0.1) is 5.82 Å². The third-order valence-electron chi connectivity index (χ3n) is 4.53. The van der Waals surface area contributed by atoms with E-state index in [0.29, 0.717) is 16.1 Å². The number of nitrogens with zero attached hydrogens (tertiary/aromatic N) is 3. The minimum absolute atomic E-state index is 0.117. The summed E-state index contributed by atoms with van der Waals surface area (Å²) in [6, 6.07) is 12.1. The number of halogens is 2. The average molecular weight is 370 g/mol. The van der Waals surface area contributed by atoms with Crippen LogP contribution in [0.15, 0.2) is 61.2 Å². The Bertz CT molecular complexity index is 918. The summed E-state index contributed by atoms with van der Waals surface area (Å²) in [4.78, 5) is 18.9. The van der Waals surface area contributed by atoms with E-state index in [0.717, 1.165) is 18.5 Å². The molecule has 6 heteroatoms. The number of benzene rings is 2. The molecular formula is C20H17ClFN3O. The van der Waals surface area contributed by atoms with Gasteiger partial charge in [0.15, 0.2) is 0 Å². The van der Waals surface area contributed by atoms with E-state index in [1.165, 1.54) is 6.07 Å². The highest BCUT2D eigenvalue weighted by atomic mass is 35.5. The van der Waals surface area contributed by atoms with Crippen LogP contribution >= 0.6 is 11.6 Å². The molecule has 0 N–H and O–H groups in total. The number of amides is 1. The maximum atomic E-state index is 14.2. The molecular weight excluding hydrogens is 353 g/mol. The minimum Gasteiger partial charge on any atom is -0.331 e. The zero-order valence-corrected chi connectivity index (χ0v) is 14.7. The Balaban J connectivity index is 1.63. The van der Waals surface area contributed by atoms with E-state index < -0.39 is 0 Å². The fourth-order valence-corrected chi connectivity index (χ4v) is 3.21. The second-order valence-electron chi connectivity index (χ2n) is 6.38. The smallest absolute Gasteiger partial charge is 0.254 e. The summed E-state index contributed by atoms with van der Waals surface area (Å²) >= 11 is 6.15. The molecule has 1 fully saturated rings. The first kappa shape index (κ1) is 16.8. The first-order valence-electron chi connectivity index (χ1n) is 8.46. The van der Waals surface area contributed by atoms with Crippen molar-refractivity contribution in [3.63, 3.8) is 0 Å². The molecule has 0 atom stereocenters. The monoisotopic (exact) mass is 369 g/mol. The van der Waals surface area contributed by atoms with Crippen molar-refractivity contribution in [1.82, 2.24) is 14.5 Å². The highest BCUT2D eigenvalue weighted by Crippen LogP contribution is 2.32. The summed E-state index contributed by atoms with van der Waals surface area (Å²) in [7, 11) is 0. The third kappa shape index (κ3) is 3.35. The van der Waals surface area contributed by atoms with E-state index in [1.54, 1.807) is 35.6 Å². The van der Waals surface area contributed by atoms with Gasteiger partial charge in [0.2, 0.25) is 0 Å². The number of carbonyl (C=O) groups is 1. The summed E-state index contributed by atoms with van der Waals surface area (Å²) in [6.07, 6.45) is 7.05. The molecule has 4 nitrogen and oxygen atoms in total. The Kier molecular flexibility index (Phi) is 4.47. The molecule has 1 saturated carbocycles. The van der Waals surface area contributed by atoms with Gasteiger partial charge >= 0.3 is 0 Å². The molecule has 0 unspecified atom stereocenters. The van der Waals surface area contributed by atoms with Gasteiger partial charge in [0, 0.05) is 40.3 Å². The van der Waals surface area contributed by atoms with Crippen molar-refractivity contribution in [1.29, 1.82) is 0 Å². The number of carbonyl (C=O) groups excluding carboxylic acids is 1. The van der Waals surface area contributed by atoms with Gasteiger partial charge < -0.3 is 9.47 Å². The lowest BCUT2D eigenvalue weighted by Crippen LogP contribution is -2.33. The summed E-state index contributed by atoms with van der Waals surface area (Å²) in [6.45, 7) is 0.171. The second-order valence-corrected chi connectivity index (χ2v) is 6.79. The van der Waals surface area contributed by atoms with Gasteiger partial charge in [0.25, 0.3) is 5.91 Å². The maximum Gasteiger partial charge on any atom is 0.254 e. The third-order valence-corrected chi connectivity index (χ3v) is 4.89. The van der Waals surface area contributed by atoms with Gasteiger partial charge in [0.05, 0.1) is 12.9 Å². The first-order valence-corrected chi connectivity index (χ1v) is 8.83. The molecule has 0 spiro atoms. The summed E-state index contributed by atoms with van der Waals surface area (Å²) in [5.74, 6) is -0.503. The van der Waals surface area contributed by atoms with E-state index in [9.17, 15) is 9.18 Å². The Morgan fingerprint density at radius 3 is 2.77 bits per heavy atom. The number of imidazole rings is 1. The van der Waals surface area contributed by atoms with Crippen molar-refractivity contribution >= 4 is 17.5 Å². The number of hydrogen-bond donors (Lipinski definition) is 0. The highest BCUT2D eigenvalue weighted by molar-refractivity contribution is 6.31. The normalized spacial score (nSPS) is 13.6. The highest BCUT2D eigenvalue weighted by Gasteiger charge is 2.34. The molecule has 1 heterocycles. The molecule has 1 aromatic heterocycles. The molecule has 1 amide bonds. The van der Waals surface area contributed by atoms with Gasteiger partial charge in [-0.2, -0.15) is 0 Å². The van der Waals surface area contributed by atoms with Crippen molar-refractivity contribution in [2.45, 2.75) is 25.4 Å². The van der Waals surface area contributed by atoms with Gasteiger partial charge in [-0.3, -0.25) is 4.79 Å². The lowest BCUT2D eigenvalue weighted by molar-refractivity contribution is 0.0728. The van der Waals surface area contributed by atoms with Gasteiger partial charge in [-0.05, 0) is 43.2 Å². The lowest BCUT2D eigenvalue weighted by atomic mass is 10.1. The Labute approximate surface area is 155 Å². The topological polar surface area (TPSA) is 38.1 Å². The van der Waals surface area contributed by atoms with Gasteiger partial charge in [-0.15, -0.1) is 0 Å². The molecule has 132 valence electrons. The van der Waals surface area contributed by atoms with Crippen LogP contribution in [0.2, 0.25) is 5.02 Å². The zero-order chi connectivity index (χ0) is 18.1. The minimum atomic E-state index is -0.386. The quantitative estimate of drug-likeness (QED) is 0.665. The second kappa shape index (κ2) is 6.92. The van der Waals surface area contributed by atoms with E-state index in [1.807, 2.05) is 29.0 Å². The molecule has 0 radical (unpaired) electrons. The molecule has 3 aromatic rings. The van der Waals surface area contributed by atoms with Gasteiger partial charge in [0.1, 0.15) is 5.82 Å². The van der Waals surface area contributed by atoms with Gasteiger partial charge in [-0.1, -0.05) is 23.7 Å². The maximum absolute atomic E-state index is 14.2. The predicted molar refractivity (Wildman–Crippen MR) is 97.9 cm³/mol. The standard InChI is InChI=1S/C20H17ClFN3O/c21-18-5-2-6-19(22)17(18)12-25(15-7-8-15)20(26)14-3-1-4-16(11-14)24-10-9-23-13-24/h1-6,9-11,13,15H,7-8,12H2. The first-order chi connectivity index (χ1) is 12.6. The van der Waals surface area contributed by atoms with Crippen LogP contribution in [0.1, 0.15) is 28.8 Å². The van der Waals surface area contributed by atoms with E-state index in [-0.39, 0.29) is 24.3 Å². The van der Waals surface area contributed by atoms with Crippen LogP contribution in [0.3, 0.4) is 0 Å². The average Bonchev–Trinajstić information content (AvgIpc) is 3.33. The molecule has 0 aliphatic heterocycles. The molecule has 26 heavy (non-hydrogen) atoms. The van der Waals surface area contributed by atoms with Crippen molar-refractivity contribution in [3.05, 3.63) is 83.2 Å². The Hall–Kier alpha value is -2.66. The SMILES string of the molecule is O=C(c1cccc(-n2ccnc2)c1)N(Cc1c(F)cccc1Cl)C1CC1. The van der Waals surface area contributed by atoms with E-state index >= 15 is 0 Å².